The lowest BCUT2D eigenvalue weighted by atomic mass is 9.93. The number of methoxy groups -OCH3 is 3. The second-order valence-corrected chi connectivity index (χ2v) is 13.6. The van der Waals surface area contributed by atoms with E-state index in [4.69, 9.17) is 54.4 Å². The highest BCUT2D eigenvalue weighted by atomic mass is 31.2. The van der Waals surface area contributed by atoms with Crippen LogP contribution in [0.2, 0.25) is 0 Å². The van der Waals surface area contributed by atoms with Gasteiger partial charge in [-0.2, -0.15) is 0 Å². The smallest absolute Gasteiger partial charge is 0.328 e. The largest absolute Gasteiger partial charge is 0.388 e. The van der Waals surface area contributed by atoms with Gasteiger partial charge in [-0.15, -0.1) is 0 Å². The van der Waals surface area contributed by atoms with E-state index >= 15 is 0 Å². The maximum atomic E-state index is 13.2. The second kappa shape index (κ2) is 13.3. The third-order valence-corrected chi connectivity index (χ3v) is 9.22. The molecule has 14 nitrogen and oxygen atoms in total. The Morgan fingerprint density at radius 3 is 1.71 bits per heavy atom. The summed E-state index contributed by atoms with van der Waals surface area (Å²) in [6.07, 6.45) is -9.15. The molecule has 0 aromatic carbocycles. The summed E-state index contributed by atoms with van der Waals surface area (Å²) < 4.78 is 81.3. The normalized spacial score (nSPS) is 44.8. The number of hydrogen-bond acceptors (Lipinski definition) is 14. The van der Waals surface area contributed by atoms with E-state index in [9.17, 15) is 19.3 Å². The molecule has 0 bridgehead atoms. The zero-order valence-corrected chi connectivity index (χ0v) is 24.4. The monoisotopic (exact) mass is 588 g/mol. The number of aliphatic hydroxyl groups is 2. The molecule has 0 aliphatic carbocycles. The molecule has 3 aliphatic heterocycles. The molecule has 3 aliphatic rings. The molecule has 2 radical (unpaired) electrons. The van der Waals surface area contributed by atoms with E-state index in [-0.39, 0.29) is 13.2 Å². The van der Waals surface area contributed by atoms with Gasteiger partial charge in [0.1, 0.15) is 56.7 Å². The molecular formula is C21H39BO14P2. The van der Waals surface area contributed by atoms with Gasteiger partial charge in [0.25, 0.3) is 0 Å². The van der Waals surface area contributed by atoms with Gasteiger partial charge in [-0.1, -0.05) is 0 Å². The first-order chi connectivity index (χ1) is 17.7. The van der Waals surface area contributed by atoms with Gasteiger partial charge < -0.3 is 47.7 Å². The van der Waals surface area contributed by atoms with Crippen LogP contribution in [0, 0.1) is 0 Å². The maximum absolute atomic E-state index is 13.2. The molecule has 0 aromatic rings. The van der Waals surface area contributed by atoms with Crippen LogP contribution < -0.4 is 0 Å². The summed E-state index contributed by atoms with van der Waals surface area (Å²) in [5, 5.41) is 20.4. The Morgan fingerprint density at radius 2 is 1.18 bits per heavy atom. The van der Waals surface area contributed by atoms with Crippen LogP contribution in [0.25, 0.3) is 0 Å². The number of aliphatic hydroxyl groups excluding tert-OH is 2. The predicted molar refractivity (Wildman–Crippen MR) is 132 cm³/mol. The van der Waals surface area contributed by atoms with Crippen molar-refractivity contribution in [3.8, 4) is 0 Å². The minimum atomic E-state index is -3.75. The Bertz CT molecular complexity index is 868. The fourth-order valence-corrected chi connectivity index (χ4v) is 7.16. The van der Waals surface area contributed by atoms with Crippen molar-refractivity contribution in [2.75, 3.05) is 47.9 Å². The van der Waals surface area contributed by atoms with E-state index in [1.165, 1.54) is 34.7 Å². The van der Waals surface area contributed by atoms with Gasteiger partial charge >= 0.3 is 15.2 Å². The van der Waals surface area contributed by atoms with Crippen LogP contribution in [0.15, 0.2) is 0 Å². The Balaban J connectivity index is 1.61. The van der Waals surface area contributed by atoms with E-state index in [1.807, 2.05) is 0 Å². The summed E-state index contributed by atoms with van der Waals surface area (Å²) in [5.41, 5.74) is 0. The first-order valence-corrected chi connectivity index (χ1v) is 16.2. The minimum absolute atomic E-state index is 0.270. The van der Waals surface area contributed by atoms with Crippen molar-refractivity contribution in [2.24, 2.45) is 0 Å². The van der Waals surface area contributed by atoms with Crippen molar-refractivity contribution < 1.29 is 65.9 Å². The summed E-state index contributed by atoms with van der Waals surface area (Å²) >= 11 is 0. The third-order valence-electron chi connectivity index (χ3n) is 6.73. The summed E-state index contributed by atoms with van der Waals surface area (Å²) in [5.74, 6) is 0. The lowest BCUT2D eigenvalue weighted by Gasteiger charge is -2.28. The van der Waals surface area contributed by atoms with Gasteiger partial charge in [0, 0.05) is 40.7 Å². The topological polar surface area (TPSA) is 167 Å². The van der Waals surface area contributed by atoms with Crippen molar-refractivity contribution >= 4 is 23.0 Å². The summed E-state index contributed by atoms with van der Waals surface area (Å²) in [7, 11) is 2.55. The van der Waals surface area contributed by atoms with Crippen LogP contribution >= 0.6 is 15.2 Å². The van der Waals surface area contributed by atoms with Crippen molar-refractivity contribution in [1.29, 1.82) is 0 Å². The van der Waals surface area contributed by atoms with Crippen LogP contribution in [-0.2, 0) is 55.6 Å². The van der Waals surface area contributed by atoms with Gasteiger partial charge in [-0.25, -0.2) is 0 Å². The summed E-state index contributed by atoms with van der Waals surface area (Å²) in [6, 6.07) is -0.865. The van der Waals surface area contributed by atoms with Crippen LogP contribution in [-0.4, -0.2) is 139 Å². The standard InChI is InChI=1S/C21H39BO14P2/c1-10-15(27-3)17(35-37(6,25)30-8-12-14(23)18(29-5)20(22)34-12)13(32-10)9-31-38(7,26)36-19-16(28-4)11(2)33-21(19)24/h10-21,23-24H,8-9H2,1-7H3/t10-,11-,12+,13+,14?,15?,16?,17?,18?,19?,20+,21-,37?,38?/m0/s1. The summed E-state index contributed by atoms with van der Waals surface area (Å²) in [4.78, 5) is 0. The predicted octanol–water partition coefficient (Wildman–Crippen LogP) is 0.260. The highest BCUT2D eigenvalue weighted by Crippen LogP contribution is 2.51. The molecule has 0 amide bonds. The van der Waals surface area contributed by atoms with Gasteiger partial charge in [-0.3, -0.25) is 18.2 Å². The molecular weight excluding hydrogens is 549 g/mol. The van der Waals surface area contributed by atoms with Gasteiger partial charge in [0.15, 0.2) is 6.29 Å². The molecule has 14 atom stereocenters. The second-order valence-electron chi connectivity index (χ2n) is 9.62. The van der Waals surface area contributed by atoms with Crippen LogP contribution in [0.5, 0.6) is 0 Å². The zero-order valence-electron chi connectivity index (χ0n) is 22.6. The summed E-state index contributed by atoms with van der Waals surface area (Å²) in [6.45, 7) is 5.40. The molecule has 3 rings (SSSR count). The fourth-order valence-electron chi connectivity index (χ4n) is 4.84. The van der Waals surface area contributed by atoms with E-state index in [0.29, 0.717) is 0 Å². The molecule has 220 valence electrons. The molecule has 0 spiro atoms. The average molecular weight is 588 g/mol. The van der Waals surface area contributed by atoms with Crippen LogP contribution in [0.3, 0.4) is 0 Å². The highest BCUT2D eigenvalue weighted by Gasteiger charge is 2.49. The van der Waals surface area contributed by atoms with Gasteiger partial charge in [-0.05, 0) is 13.8 Å². The number of ether oxygens (including phenoxy) is 6. The Labute approximate surface area is 224 Å². The van der Waals surface area contributed by atoms with Crippen LogP contribution in [0.4, 0.5) is 0 Å². The zero-order chi connectivity index (χ0) is 28.4. The van der Waals surface area contributed by atoms with E-state index in [1.54, 1.807) is 13.8 Å². The molecule has 8 unspecified atom stereocenters. The molecule has 3 saturated heterocycles. The van der Waals surface area contributed by atoms with Crippen molar-refractivity contribution in [3.63, 3.8) is 0 Å². The van der Waals surface area contributed by atoms with Gasteiger partial charge in [0.2, 0.25) is 0 Å². The van der Waals surface area contributed by atoms with Crippen molar-refractivity contribution in [2.45, 2.75) is 87.2 Å². The van der Waals surface area contributed by atoms with Gasteiger partial charge in [0.05, 0.1) is 25.4 Å². The minimum Gasteiger partial charge on any atom is -0.388 e. The lowest BCUT2D eigenvalue weighted by molar-refractivity contribution is -0.120. The number of rotatable bonds is 13. The molecule has 2 N–H and O–H groups in total. The van der Waals surface area contributed by atoms with E-state index in [0.717, 1.165) is 0 Å². The first-order valence-electron chi connectivity index (χ1n) is 12.2. The maximum Gasteiger partial charge on any atom is 0.328 e. The van der Waals surface area contributed by atoms with Crippen LogP contribution in [0.1, 0.15) is 13.8 Å². The average Bonchev–Trinajstić information content (AvgIpc) is 3.39. The molecule has 3 fully saturated rings. The molecule has 17 heteroatoms. The SMILES string of the molecule is [B][C@@H]1O[C@H](COP(C)(=O)OC2C(OC)[C@H](C)O[C@@H]2COP(C)(=O)OC2C(OC)[C@H](C)O[C@@H]2O)C(O)C1OC. The molecule has 0 saturated carbocycles. The highest BCUT2D eigenvalue weighted by molar-refractivity contribution is 7.53. The van der Waals surface area contributed by atoms with E-state index < -0.39 is 88.5 Å². The first kappa shape index (κ1) is 32.6. The Morgan fingerprint density at radius 1 is 0.711 bits per heavy atom. The number of hydrogen-bond donors (Lipinski definition) is 2. The van der Waals surface area contributed by atoms with Crippen molar-refractivity contribution in [1.82, 2.24) is 0 Å². The van der Waals surface area contributed by atoms with E-state index in [2.05, 4.69) is 0 Å². The third kappa shape index (κ3) is 7.66. The Hall–Kier alpha value is 0.0449. The van der Waals surface area contributed by atoms with Crippen molar-refractivity contribution in [3.05, 3.63) is 0 Å². The fraction of sp³-hybridized carbons (Fsp3) is 1.00. The molecule has 3 heterocycles. The Kier molecular flexibility index (Phi) is 11.4. The molecule has 0 aromatic heterocycles. The quantitative estimate of drug-likeness (QED) is 0.222. The molecule has 38 heavy (non-hydrogen) atoms. The lowest BCUT2D eigenvalue weighted by Crippen LogP contribution is -2.38.